The summed E-state index contributed by atoms with van der Waals surface area (Å²) in [5.74, 6) is 1.17. The first-order valence-electron chi connectivity index (χ1n) is 7.27. The summed E-state index contributed by atoms with van der Waals surface area (Å²) in [4.78, 5) is 17.1. The van der Waals surface area contributed by atoms with E-state index >= 15 is 0 Å². The third-order valence-corrected chi connectivity index (χ3v) is 3.42. The Morgan fingerprint density at radius 1 is 0.950 bits per heavy atom. The molecule has 0 aromatic carbocycles. The van der Waals surface area contributed by atoms with Crippen molar-refractivity contribution in [1.82, 2.24) is 19.9 Å². The molecule has 0 spiro atoms. The molecule has 1 aromatic heterocycles. The molecule has 0 fully saturated rings. The Kier molecular flexibility index (Phi) is 7.54. The number of nitrogens with one attached hydrogen (secondary N) is 1. The van der Waals surface area contributed by atoms with Crippen molar-refractivity contribution in [3.8, 4) is 0 Å². The first-order valence-corrected chi connectivity index (χ1v) is 7.65. The molecule has 0 aliphatic carbocycles. The Morgan fingerprint density at radius 2 is 1.60 bits per heavy atom. The average molecular weight is 301 g/mol. The summed E-state index contributed by atoms with van der Waals surface area (Å²) in [6.45, 7) is 14.0. The van der Waals surface area contributed by atoms with Crippen LogP contribution >= 0.6 is 11.6 Å². The van der Waals surface area contributed by atoms with Gasteiger partial charge >= 0.3 is 0 Å². The number of hydrogen-bond donors (Lipinski definition) is 1. The highest BCUT2D eigenvalue weighted by Crippen LogP contribution is 2.13. The molecule has 0 radical (unpaired) electrons. The molecule has 0 aliphatic rings. The lowest BCUT2D eigenvalue weighted by Gasteiger charge is -2.20. The number of anilines is 2. The smallest absolute Gasteiger partial charge is 0.231 e. The molecule has 1 N–H and O–H groups in total. The molecule has 1 heterocycles. The van der Waals surface area contributed by atoms with Gasteiger partial charge in [0.1, 0.15) is 0 Å². The van der Waals surface area contributed by atoms with E-state index in [0.717, 1.165) is 39.3 Å². The summed E-state index contributed by atoms with van der Waals surface area (Å²) < 4.78 is 0. The number of rotatable bonds is 9. The molecule has 0 aliphatic heterocycles. The van der Waals surface area contributed by atoms with Gasteiger partial charge in [0.05, 0.1) is 0 Å². The standard InChI is InChI=1S/C13H25ClN6/c1-5-19(6-2)10-9-15-12-16-11(14)17-13(18-12)20(7-3)8-4/h5-10H2,1-4H3,(H,15,16,17,18). The van der Waals surface area contributed by atoms with Gasteiger partial charge in [-0.3, -0.25) is 0 Å². The van der Waals surface area contributed by atoms with Crippen LogP contribution < -0.4 is 10.2 Å². The van der Waals surface area contributed by atoms with Crippen LogP contribution in [0.4, 0.5) is 11.9 Å². The minimum Gasteiger partial charge on any atom is -0.353 e. The summed E-state index contributed by atoms with van der Waals surface area (Å²) in [5, 5.41) is 3.44. The number of likely N-dealkylation sites (N-methyl/N-ethyl adjacent to an activating group) is 1. The van der Waals surface area contributed by atoms with Gasteiger partial charge in [0.2, 0.25) is 17.2 Å². The summed E-state index contributed by atoms with van der Waals surface area (Å²) in [6.07, 6.45) is 0. The monoisotopic (exact) mass is 300 g/mol. The van der Waals surface area contributed by atoms with E-state index in [1.807, 2.05) is 4.90 Å². The van der Waals surface area contributed by atoms with Gasteiger partial charge in [0.15, 0.2) is 0 Å². The third kappa shape index (κ3) is 5.09. The SMILES string of the molecule is CCN(CC)CCNc1nc(Cl)nc(N(CC)CC)n1. The van der Waals surface area contributed by atoms with E-state index in [9.17, 15) is 0 Å². The molecular weight excluding hydrogens is 276 g/mol. The fourth-order valence-electron chi connectivity index (χ4n) is 1.93. The Labute approximate surface area is 126 Å². The predicted octanol–water partition coefficient (Wildman–Crippen LogP) is 2.12. The second kappa shape index (κ2) is 8.92. The lowest BCUT2D eigenvalue weighted by molar-refractivity contribution is 0.316. The molecule has 1 rings (SSSR count). The van der Waals surface area contributed by atoms with Crippen molar-refractivity contribution in [1.29, 1.82) is 0 Å². The largest absolute Gasteiger partial charge is 0.353 e. The van der Waals surface area contributed by atoms with Gasteiger partial charge < -0.3 is 15.1 Å². The van der Waals surface area contributed by atoms with Crippen LogP contribution in [0.25, 0.3) is 0 Å². The lowest BCUT2D eigenvalue weighted by Crippen LogP contribution is -2.29. The number of aromatic nitrogens is 3. The van der Waals surface area contributed by atoms with Crippen molar-refractivity contribution in [3.63, 3.8) is 0 Å². The summed E-state index contributed by atoms with van der Waals surface area (Å²) >= 11 is 5.96. The van der Waals surface area contributed by atoms with Gasteiger partial charge in [-0.05, 0) is 38.5 Å². The number of nitrogens with zero attached hydrogens (tertiary/aromatic N) is 5. The zero-order valence-electron chi connectivity index (χ0n) is 12.9. The summed E-state index contributed by atoms with van der Waals surface area (Å²) in [5.41, 5.74) is 0. The van der Waals surface area contributed by atoms with Crippen molar-refractivity contribution in [2.24, 2.45) is 0 Å². The highest BCUT2D eigenvalue weighted by Gasteiger charge is 2.10. The maximum atomic E-state index is 5.96. The van der Waals surface area contributed by atoms with Crippen LogP contribution in [0.2, 0.25) is 5.28 Å². The van der Waals surface area contributed by atoms with Crippen LogP contribution in [-0.4, -0.2) is 59.1 Å². The van der Waals surface area contributed by atoms with Crippen LogP contribution in [-0.2, 0) is 0 Å². The third-order valence-electron chi connectivity index (χ3n) is 3.25. The summed E-state index contributed by atoms with van der Waals surface area (Å²) in [6, 6.07) is 0. The molecule has 6 nitrogen and oxygen atoms in total. The number of hydrogen-bond acceptors (Lipinski definition) is 6. The van der Waals surface area contributed by atoms with Gasteiger partial charge in [0.25, 0.3) is 0 Å². The first kappa shape index (κ1) is 16.9. The van der Waals surface area contributed by atoms with Gasteiger partial charge in [-0.25, -0.2) is 0 Å². The normalized spacial score (nSPS) is 10.9. The molecule has 1 aromatic rings. The van der Waals surface area contributed by atoms with Crippen LogP contribution in [0.5, 0.6) is 0 Å². The van der Waals surface area contributed by atoms with Gasteiger partial charge in [-0.2, -0.15) is 15.0 Å². The molecule has 0 amide bonds. The van der Waals surface area contributed by atoms with Crippen LogP contribution in [0.1, 0.15) is 27.7 Å². The van der Waals surface area contributed by atoms with Gasteiger partial charge in [0, 0.05) is 26.2 Å². The zero-order valence-corrected chi connectivity index (χ0v) is 13.6. The van der Waals surface area contributed by atoms with E-state index in [2.05, 4.69) is 52.9 Å². The van der Waals surface area contributed by atoms with Crippen molar-refractivity contribution < 1.29 is 0 Å². The molecule has 0 atom stereocenters. The number of halogens is 1. The van der Waals surface area contributed by atoms with E-state index in [1.165, 1.54) is 0 Å². The molecule has 0 unspecified atom stereocenters. The highest BCUT2D eigenvalue weighted by molar-refractivity contribution is 6.28. The van der Waals surface area contributed by atoms with Crippen LogP contribution in [0, 0.1) is 0 Å². The van der Waals surface area contributed by atoms with E-state index in [-0.39, 0.29) is 5.28 Å². The van der Waals surface area contributed by atoms with Crippen molar-refractivity contribution in [2.75, 3.05) is 49.5 Å². The fourth-order valence-corrected chi connectivity index (χ4v) is 2.09. The second-order valence-electron chi connectivity index (χ2n) is 4.35. The Morgan fingerprint density at radius 3 is 2.15 bits per heavy atom. The van der Waals surface area contributed by atoms with E-state index in [4.69, 9.17) is 11.6 Å². The molecule has 0 bridgehead atoms. The fraction of sp³-hybridized carbons (Fsp3) is 0.769. The lowest BCUT2D eigenvalue weighted by atomic mass is 10.4. The quantitative estimate of drug-likeness (QED) is 0.754. The van der Waals surface area contributed by atoms with E-state index < -0.39 is 0 Å². The highest BCUT2D eigenvalue weighted by atomic mass is 35.5. The molecule has 114 valence electrons. The predicted molar refractivity (Wildman–Crippen MR) is 84.7 cm³/mol. The van der Waals surface area contributed by atoms with Crippen molar-refractivity contribution in [2.45, 2.75) is 27.7 Å². The summed E-state index contributed by atoms with van der Waals surface area (Å²) in [7, 11) is 0. The van der Waals surface area contributed by atoms with Crippen molar-refractivity contribution >= 4 is 23.5 Å². The molecule has 7 heteroatoms. The first-order chi connectivity index (χ1) is 9.64. The van der Waals surface area contributed by atoms with Crippen molar-refractivity contribution in [3.05, 3.63) is 5.28 Å². The van der Waals surface area contributed by atoms with Gasteiger partial charge in [-0.15, -0.1) is 0 Å². The average Bonchev–Trinajstić information content (AvgIpc) is 2.44. The molecule has 20 heavy (non-hydrogen) atoms. The Bertz CT molecular complexity index is 392. The van der Waals surface area contributed by atoms with Crippen LogP contribution in [0.3, 0.4) is 0 Å². The Hall–Kier alpha value is -1.14. The van der Waals surface area contributed by atoms with Crippen LogP contribution in [0.15, 0.2) is 0 Å². The minimum absolute atomic E-state index is 0.229. The molecule has 0 saturated carbocycles. The zero-order chi connectivity index (χ0) is 15.0. The molecular formula is C13H25ClN6. The maximum absolute atomic E-state index is 5.96. The Balaban J connectivity index is 2.66. The molecule has 0 saturated heterocycles. The van der Waals surface area contributed by atoms with E-state index in [1.54, 1.807) is 0 Å². The second-order valence-corrected chi connectivity index (χ2v) is 4.69. The topological polar surface area (TPSA) is 57.2 Å². The van der Waals surface area contributed by atoms with E-state index in [0.29, 0.717) is 11.9 Å². The maximum Gasteiger partial charge on any atom is 0.231 e. The minimum atomic E-state index is 0.229. The van der Waals surface area contributed by atoms with Gasteiger partial charge in [-0.1, -0.05) is 13.8 Å².